The number of para-hydroxylation sites is 2. The highest BCUT2D eigenvalue weighted by molar-refractivity contribution is 5.85. The minimum atomic E-state index is 0.656. The van der Waals surface area contributed by atoms with E-state index in [2.05, 4.69) is 28.8 Å². The third kappa shape index (κ3) is 3.87. The number of benzene rings is 2. The van der Waals surface area contributed by atoms with Crippen molar-refractivity contribution in [2.75, 3.05) is 26.1 Å². The SMILES string of the molecule is CCCc1cc(NCCc2ccc(OC)c(OC)c2)n2c(nc3ccccc32)c1C#N. The van der Waals surface area contributed by atoms with E-state index in [1.54, 1.807) is 14.2 Å². The summed E-state index contributed by atoms with van der Waals surface area (Å²) in [7, 11) is 3.28. The molecule has 0 spiro atoms. The van der Waals surface area contributed by atoms with E-state index in [1.807, 2.05) is 42.5 Å². The molecule has 158 valence electrons. The number of nitrogens with one attached hydrogen (secondary N) is 1. The van der Waals surface area contributed by atoms with Crippen molar-refractivity contribution >= 4 is 22.5 Å². The van der Waals surface area contributed by atoms with Crippen LogP contribution >= 0.6 is 0 Å². The molecule has 0 atom stereocenters. The summed E-state index contributed by atoms with van der Waals surface area (Å²) in [6.07, 6.45) is 2.63. The average molecular weight is 415 g/mol. The Morgan fingerprint density at radius 3 is 2.58 bits per heavy atom. The van der Waals surface area contributed by atoms with Crippen molar-refractivity contribution in [3.8, 4) is 17.6 Å². The lowest BCUT2D eigenvalue weighted by Gasteiger charge is -2.14. The highest BCUT2D eigenvalue weighted by atomic mass is 16.5. The van der Waals surface area contributed by atoms with Gasteiger partial charge < -0.3 is 14.8 Å². The van der Waals surface area contributed by atoms with E-state index in [0.717, 1.165) is 65.3 Å². The molecule has 31 heavy (non-hydrogen) atoms. The monoisotopic (exact) mass is 414 g/mol. The first-order valence-electron chi connectivity index (χ1n) is 10.5. The number of ether oxygens (including phenoxy) is 2. The van der Waals surface area contributed by atoms with Crippen LogP contribution in [0.1, 0.15) is 30.0 Å². The minimum absolute atomic E-state index is 0.656. The second kappa shape index (κ2) is 8.97. The molecule has 6 nitrogen and oxygen atoms in total. The fourth-order valence-electron chi connectivity index (χ4n) is 3.97. The van der Waals surface area contributed by atoms with Gasteiger partial charge in [0.25, 0.3) is 0 Å². The van der Waals surface area contributed by atoms with Crippen molar-refractivity contribution in [3.05, 3.63) is 65.2 Å². The number of nitriles is 1. The summed E-state index contributed by atoms with van der Waals surface area (Å²) in [6.45, 7) is 2.85. The Kier molecular flexibility index (Phi) is 5.94. The fourth-order valence-corrected chi connectivity index (χ4v) is 3.97. The maximum absolute atomic E-state index is 9.83. The molecule has 0 aliphatic rings. The molecule has 0 fully saturated rings. The summed E-state index contributed by atoms with van der Waals surface area (Å²) in [5.41, 5.74) is 5.42. The molecule has 0 radical (unpaired) electrons. The number of aryl methyl sites for hydroxylation is 1. The summed E-state index contributed by atoms with van der Waals surface area (Å²) in [5, 5.41) is 13.4. The van der Waals surface area contributed by atoms with Gasteiger partial charge in [-0.2, -0.15) is 5.26 Å². The quantitative estimate of drug-likeness (QED) is 0.440. The van der Waals surface area contributed by atoms with Crippen molar-refractivity contribution in [2.24, 2.45) is 0 Å². The Labute approximate surface area is 182 Å². The van der Waals surface area contributed by atoms with E-state index < -0.39 is 0 Å². The topological polar surface area (TPSA) is 71.6 Å². The Hall–Kier alpha value is -3.72. The van der Waals surface area contributed by atoms with Crippen LogP contribution in [0.15, 0.2) is 48.5 Å². The molecule has 4 aromatic rings. The molecule has 6 heteroatoms. The highest BCUT2D eigenvalue weighted by Gasteiger charge is 2.16. The lowest BCUT2D eigenvalue weighted by molar-refractivity contribution is 0.354. The summed E-state index contributed by atoms with van der Waals surface area (Å²) in [4.78, 5) is 4.77. The Morgan fingerprint density at radius 1 is 1.03 bits per heavy atom. The number of fused-ring (bicyclic) bond motifs is 3. The molecule has 0 saturated carbocycles. The average Bonchev–Trinajstić information content (AvgIpc) is 3.18. The van der Waals surface area contributed by atoms with Crippen LogP contribution in [-0.4, -0.2) is 30.1 Å². The predicted octanol–water partition coefficient (Wildman–Crippen LogP) is 4.98. The maximum atomic E-state index is 9.83. The van der Waals surface area contributed by atoms with E-state index in [4.69, 9.17) is 14.5 Å². The summed E-state index contributed by atoms with van der Waals surface area (Å²) >= 11 is 0. The summed E-state index contributed by atoms with van der Waals surface area (Å²) < 4.78 is 12.8. The molecular formula is C25H26N4O2. The number of rotatable bonds is 8. The Balaban J connectivity index is 1.69. The second-order valence-corrected chi connectivity index (χ2v) is 7.42. The van der Waals surface area contributed by atoms with Crippen LogP contribution in [0.25, 0.3) is 16.7 Å². The molecule has 1 N–H and O–H groups in total. The van der Waals surface area contributed by atoms with Crippen LogP contribution in [0.3, 0.4) is 0 Å². The number of pyridine rings is 1. The first kappa shape index (κ1) is 20.5. The molecule has 4 rings (SSSR count). The Bertz CT molecular complexity index is 1270. The van der Waals surface area contributed by atoms with Gasteiger partial charge in [-0.1, -0.05) is 31.5 Å². The van der Waals surface area contributed by atoms with Gasteiger partial charge >= 0.3 is 0 Å². The van der Waals surface area contributed by atoms with Gasteiger partial charge in [0.05, 0.1) is 30.8 Å². The van der Waals surface area contributed by atoms with Gasteiger partial charge in [0.15, 0.2) is 17.1 Å². The molecule has 2 aromatic heterocycles. The van der Waals surface area contributed by atoms with E-state index in [9.17, 15) is 5.26 Å². The van der Waals surface area contributed by atoms with Gasteiger partial charge in [-0.25, -0.2) is 4.98 Å². The molecule has 0 bridgehead atoms. The normalized spacial score (nSPS) is 10.9. The van der Waals surface area contributed by atoms with Crippen molar-refractivity contribution < 1.29 is 9.47 Å². The van der Waals surface area contributed by atoms with Crippen LogP contribution in [0.5, 0.6) is 11.5 Å². The van der Waals surface area contributed by atoms with E-state index in [-0.39, 0.29) is 0 Å². The molecule has 2 heterocycles. The van der Waals surface area contributed by atoms with Crippen LogP contribution in [-0.2, 0) is 12.8 Å². The third-order valence-corrected chi connectivity index (χ3v) is 5.46. The van der Waals surface area contributed by atoms with Gasteiger partial charge in [0, 0.05) is 6.54 Å². The summed E-state index contributed by atoms with van der Waals surface area (Å²) in [6, 6.07) is 18.4. The van der Waals surface area contributed by atoms with Crippen LogP contribution < -0.4 is 14.8 Å². The number of hydrogen-bond donors (Lipinski definition) is 1. The number of methoxy groups -OCH3 is 2. The largest absolute Gasteiger partial charge is 0.493 e. The zero-order valence-electron chi connectivity index (χ0n) is 18.1. The number of hydrogen-bond acceptors (Lipinski definition) is 5. The highest BCUT2D eigenvalue weighted by Crippen LogP contribution is 2.29. The lowest BCUT2D eigenvalue weighted by atomic mass is 10.1. The summed E-state index contributed by atoms with van der Waals surface area (Å²) in [5.74, 6) is 2.40. The smallest absolute Gasteiger partial charge is 0.160 e. The molecule has 0 saturated heterocycles. The van der Waals surface area contributed by atoms with Crippen molar-refractivity contribution in [3.63, 3.8) is 0 Å². The fraction of sp³-hybridized carbons (Fsp3) is 0.280. The number of imidazole rings is 1. The van der Waals surface area contributed by atoms with Gasteiger partial charge in [0.2, 0.25) is 0 Å². The lowest BCUT2D eigenvalue weighted by Crippen LogP contribution is -2.10. The van der Waals surface area contributed by atoms with Crippen LogP contribution in [0.4, 0.5) is 5.82 Å². The zero-order valence-corrected chi connectivity index (χ0v) is 18.1. The van der Waals surface area contributed by atoms with Crippen LogP contribution in [0, 0.1) is 11.3 Å². The predicted molar refractivity (Wildman–Crippen MR) is 123 cm³/mol. The van der Waals surface area contributed by atoms with Gasteiger partial charge in [-0.15, -0.1) is 0 Å². The maximum Gasteiger partial charge on any atom is 0.160 e. The van der Waals surface area contributed by atoms with E-state index in [1.165, 1.54) is 0 Å². The Morgan fingerprint density at radius 2 is 1.84 bits per heavy atom. The number of nitrogens with zero attached hydrogens (tertiary/aromatic N) is 3. The number of anilines is 1. The first-order chi connectivity index (χ1) is 15.2. The van der Waals surface area contributed by atoms with E-state index in [0.29, 0.717) is 11.2 Å². The zero-order chi connectivity index (χ0) is 21.8. The molecule has 2 aromatic carbocycles. The minimum Gasteiger partial charge on any atom is -0.493 e. The van der Waals surface area contributed by atoms with Gasteiger partial charge in [-0.05, 0) is 54.3 Å². The molecule has 0 aliphatic carbocycles. The van der Waals surface area contributed by atoms with Gasteiger partial charge in [0.1, 0.15) is 11.9 Å². The molecular weight excluding hydrogens is 388 g/mol. The van der Waals surface area contributed by atoms with Crippen molar-refractivity contribution in [1.82, 2.24) is 9.38 Å². The molecule has 0 aliphatic heterocycles. The van der Waals surface area contributed by atoms with E-state index >= 15 is 0 Å². The van der Waals surface area contributed by atoms with Crippen molar-refractivity contribution in [1.29, 1.82) is 5.26 Å². The first-order valence-corrected chi connectivity index (χ1v) is 10.5. The van der Waals surface area contributed by atoms with Gasteiger partial charge in [-0.3, -0.25) is 4.40 Å². The van der Waals surface area contributed by atoms with Crippen LogP contribution in [0.2, 0.25) is 0 Å². The number of aromatic nitrogens is 2. The third-order valence-electron chi connectivity index (χ3n) is 5.46. The van der Waals surface area contributed by atoms with Crippen molar-refractivity contribution in [2.45, 2.75) is 26.2 Å². The molecule has 0 unspecified atom stereocenters. The second-order valence-electron chi connectivity index (χ2n) is 7.42. The standard InChI is InChI=1S/C25H26N4O2/c1-4-7-18-15-24(27-13-12-17-10-11-22(30-2)23(14-17)31-3)29-21-9-6-5-8-20(21)28-25(29)19(18)16-26/h5-6,8-11,14-15,27H,4,7,12-13H2,1-3H3. The molecule has 0 amide bonds.